The van der Waals surface area contributed by atoms with Crippen molar-refractivity contribution in [2.45, 2.75) is 19.3 Å². The molecule has 1 amide bonds. The summed E-state index contributed by atoms with van der Waals surface area (Å²) in [6.45, 7) is 1.91. The first-order chi connectivity index (χ1) is 7.11. The van der Waals surface area contributed by atoms with E-state index in [4.69, 9.17) is 11.6 Å². The monoisotopic (exact) mass is 208 g/mol. The molecule has 1 unspecified atom stereocenters. The molecule has 15 heavy (non-hydrogen) atoms. The van der Waals surface area contributed by atoms with Crippen LogP contribution in [0.5, 0.6) is 0 Å². The number of nitrogen functional groups attached to an aromatic ring is 2. The molecule has 0 spiro atoms. The highest BCUT2D eigenvalue weighted by atomic mass is 16.1. The molecule has 7 heteroatoms. The Balaban J connectivity index is 2.58. The molecule has 80 valence electrons. The second-order valence-electron chi connectivity index (χ2n) is 3.49. The Bertz CT molecular complexity index is 418. The van der Waals surface area contributed by atoms with Crippen LogP contribution >= 0.6 is 0 Å². The molecule has 0 fully saturated rings. The third kappa shape index (κ3) is 1.57. The molecule has 0 aliphatic carbocycles. The predicted octanol–water partition coefficient (Wildman–Crippen LogP) is -0.210. The number of amides is 1. The SMILES string of the molecule is CC1CC(=O)Nc2nc(N)nc(NN)c21. The van der Waals surface area contributed by atoms with Gasteiger partial charge in [0.2, 0.25) is 11.9 Å². The Morgan fingerprint density at radius 1 is 1.53 bits per heavy atom. The van der Waals surface area contributed by atoms with Crippen LogP contribution < -0.4 is 22.3 Å². The number of nitrogens with zero attached hydrogens (tertiary/aromatic N) is 2. The third-order valence-corrected chi connectivity index (χ3v) is 2.34. The van der Waals surface area contributed by atoms with E-state index in [1.54, 1.807) is 0 Å². The minimum absolute atomic E-state index is 0.0281. The quantitative estimate of drug-likeness (QED) is 0.374. The van der Waals surface area contributed by atoms with Crippen molar-refractivity contribution in [3.8, 4) is 0 Å². The van der Waals surface area contributed by atoms with Gasteiger partial charge in [0.1, 0.15) is 5.82 Å². The van der Waals surface area contributed by atoms with Crippen molar-refractivity contribution in [1.29, 1.82) is 0 Å². The van der Waals surface area contributed by atoms with Crippen molar-refractivity contribution in [2.75, 3.05) is 16.5 Å². The van der Waals surface area contributed by atoms with Gasteiger partial charge in [-0.25, -0.2) is 5.84 Å². The number of carbonyl (C=O) groups is 1. The van der Waals surface area contributed by atoms with Gasteiger partial charge >= 0.3 is 0 Å². The minimum Gasteiger partial charge on any atom is -0.368 e. The molecule has 2 rings (SSSR count). The van der Waals surface area contributed by atoms with Crippen molar-refractivity contribution in [3.05, 3.63) is 5.56 Å². The van der Waals surface area contributed by atoms with E-state index in [0.29, 0.717) is 18.1 Å². The second kappa shape index (κ2) is 3.35. The van der Waals surface area contributed by atoms with Gasteiger partial charge in [-0.3, -0.25) is 4.79 Å². The number of carbonyl (C=O) groups excluding carboxylic acids is 1. The summed E-state index contributed by atoms with van der Waals surface area (Å²) in [5.41, 5.74) is 8.74. The van der Waals surface area contributed by atoms with E-state index in [-0.39, 0.29) is 17.8 Å². The number of nitrogens with two attached hydrogens (primary N) is 2. The summed E-state index contributed by atoms with van der Waals surface area (Å²) < 4.78 is 0. The number of fused-ring (bicyclic) bond motifs is 1. The number of anilines is 3. The Hall–Kier alpha value is -1.89. The predicted molar refractivity (Wildman–Crippen MR) is 55.9 cm³/mol. The fraction of sp³-hybridized carbons (Fsp3) is 0.375. The lowest BCUT2D eigenvalue weighted by molar-refractivity contribution is -0.116. The van der Waals surface area contributed by atoms with E-state index in [1.165, 1.54) is 0 Å². The van der Waals surface area contributed by atoms with Crippen LogP contribution in [0.1, 0.15) is 24.8 Å². The summed E-state index contributed by atoms with van der Waals surface area (Å²) in [4.78, 5) is 19.2. The molecule has 0 saturated heterocycles. The molecule has 2 heterocycles. The molecule has 1 aromatic heterocycles. The molecule has 1 aliphatic rings. The zero-order valence-electron chi connectivity index (χ0n) is 8.24. The van der Waals surface area contributed by atoms with Gasteiger partial charge in [0.25, 0.3) is 0 Å². The van der Waals surface area contributed by atoms with Crippen molar-refractivity contribution >= 4 is 23.5 Å². The average Bonchev–Trinajstić information content (AvgIpc) is 2.14. The van der Waals surface area contributed by atoms with Crippen LogP contribution in [0, 0.1) is 0 Å². The molecule has 7 nitrogen and oxygen atoms in total. The Morgan fingerprint density at radius 3 is 2.93 bits per heavy atom. The van der Waals surface area contributed by atoms with Crippen molar-refractivity contribution in [2.24, 2.45) is 5.84 Å². The fourth-order valence-corrected chi connectivity index (χ4v) is 1.72. The van der Waals surface area contributed by atoms with Gasteiger partial charge in [0, 0.05) is 12.0 Å². The van der Waals surface area contributed by atoms with Gasteiger partial charge < -0.3 is 16.5 Å². The number of hydrazine groups is 1. The minimum atomic E-state index is -0.0731. The van der Waals surface area contributed by atoms with Gasteiger partial charge in [0.05, 0.1) is 0 Å². The van der Waals surface area contributed by atoms with E-state index >= 15 is 0 Å². The van der Waals surface area contributed by atoms with Gasteiger partial charge in [-0.05, 0) is 5.92 Å². The lowest BCUT2D eigenvalue weighted by Gasteiger charge is -2.23. The Kier molecular flexibility index (Phi) is 2.16. The highest BCUT2D eigenvalue weighted by molar-refractivity contribution is 5.94. The fourth-order valence-electron chi connectivity index (χ4n) is 1.72. The average molecular weight is 208 g/mol. The number of aromatic nitrogens is 2. The summed E-state index contributed by atoms with van der Waals surface area (Å²) >= 11 is 0. The summed E-state index contributed by atoms with van der Waals surface area (Å²) in [5, 5.41) is 2.64. The van der Waals surface area contributed by atoms with Crippen LogP contribution in [0.15, 0.2) is 0 Å². The molecule has 1 atom stereocenters. The third-order valence-electron chi connectivity index (χ3n) is 2.34. The summed E-state index contributed by atoms with van der Waals surface area (Å²) in [5.74, 6) is 6.27. The molecule has 1 aromatic rings. The lowest BCUT2D eigenvalue weighted by Crippen LogP contribution is -2.26. The van der Waals surface area contributed by atoms with Gasteiger partial charge in [0.15, 0.2) is 5.82 Å². The molecular formula is C8H12N6O. The summed E-state index contributed by atoms with van der Waals surface area (Å²) in [7, 11) is 0. The smallest absolute Gasteiger partial charge is 0.226 e. The van der Waals surface area contributed by atoms with Crippen molar-refractivity contribution < 1.29 is 4.79 Å². The Labute approximate surface area is 86.2 Å². The van der Waals surface area contributed by atoms with E-state index in [9.17, 15) is 4.79 Å². The lowest BCUT2D eigenvalue weighted by atomic mass is 9.95. The standard InChI is InChI=1S/C8H12N6O/c1-3-2-4(15)11-6-5(3)7(14-10)13-8(9)12-6/h3H,2,10H2,1H3,(H4,9,11,12,13,14,15). The molecule has 1 aliphatic heterocycles. The number of nitrogens with one attached hydrogen (secondary N) is 2. The number of hydrogen-bond acceptors (Lipinski definition) is 6. The normalized spacial score (nSPS) is 19.3. The summed E-state index contributed by atoms with van der Waals surface area (Å²) in [6.07, 6.45) is 0.398. The molecule has 6 N–H and O–H groups in total. The van der Waals surface area contributed by atoms with Crippen molar-refractivity contribution in [3.63, 3.8) is 0 Å². The van der Waals surface area contributed by atoms with E-state index < -0.39 is 0 Å². The molecule has 0 aromatic carbocycles. The molecule has 0 radical (unpaired) electrons. The van der Waals surface area contributed by atoms with Crippen molar-refractivity contribution in [1.82, 2.24) is 9.97 Å². The van der Waals surface area contributed by atoms with E-state index in [1.807, 2.05) is 6.92 Å². The largest absolute Gasteiger partial charge is 0.368 e. The van der Waals surface area contributed by atoms with Crippen LogP contribution in [-0.4, -0.2) is 15.9 Å². The summed E-state index contributed by atoms with van der Waals surface area (Å²) in [6, 6.07) is 0. The zero-order chi connectivity index (χ0) is 11.0. The first-order valence-electron chi connectivity index (χ1n) is 4.55. The molecular weight excluding hydrogens is 196 g/mol. The van der Waals surface area contributed by atoms with Crippen LogP contribution in [-0.2, 0) is 4.79 Å². The molecule has 0 bridgehead atoms. The van der Waals surface area contributed by atoms with Gasteiger partial charge in [-0.15, -0.1) is 0 Å². The van der Waals surface area contributed by atoms with Crippen LogP contribution in [0.2, 0.25) is 0 Å². The van der Waals surface area contributed by atoms with Gasteiger partial charge in [-0.2, -0.15) is 9.97 Å². The number of rotatable bonds is 1. The first kappa shape index (κ1) is 9.66. The number of hydrogen-bond donors (Lipinski definition) is 4. The highest BCUT2D eigenvalue weighted by Crippen LogP contribution is 2.35. The van der Waals surface area contributed by atoms with E-state index in [0.717, 1.165) is 5.56 Å². The maximum atomic E-state index is 11.3. The second-order valence-corrected chi connectivity index (χ2v) is 3.49. The van der Waals surface area contributed by atoms with Crippen LogP contribution in [0.25, 0.3) is 0 Å². The van der Waals surface area contributed by atoms with E-state index in [2.05, 4.69) is 20.7 Å². The first-order valence-corrected chi connectivity index (χ1v) is 4.55. The highest BCUT2D eigenvalue weighted by Gasteiger charge is 2.26. The molecule has 0 saturated carbocycles. The van der Waals surface area contributed by atoms with Gasteiger partial charge in [-0.1, -0.05) is 6.92 Å². The maximum absolute atomic E-state index is 11.3. The van der Waals surface area contributed by atoms with Crippen LogP contribution in [0.4, 0.5) is 17.6 Å². The Morgan fingerprint density at radius 2 is 2.27 bits per heavy atom. The topological polar surface area (TPSA) is 119 Å². The van der Waals surface area contributed by atoms with Crippen LogP contribution in [0.3, 0.4) is 0 Å². The maximum Gasteiger partial charge on any atom is 0.226 e. The zero-order valence-corrected chi connectivity index (χ0v) is 8.24.